The summed E-state index contributed by atoms with van der Waals surface area (Å²) in [5.74, 6) is 0. The van der Waals surface area contributed by atoms with Crippen molar-refractivity contribution in [1.82, 2.24) is 0 Å². The summed E-state index contributed by atoms with van der Waals surface area (Å²) in [5.41, 5.74) is 0. The van der Waals surface area contributed by atoms with E-state index in [9.17, 15) is 0 Å². The molecule has 2 aliphatic rings. The summed E-state index contributed by atoms with van der Waals surface area (Å²) < 4.78 is 95.0. The molecule has 0 bridgehead atoms. The van der Waals surface area contributed by atoms with Crippen molar-refractivity contribution in [3.05, 3.63) is 0 Å². The standard InChI is InChI=1S/C30H58O16/c1-31-13-17(35-5)21(37-7)24(18(36-6)14-32-2)45-30-28(42-12)26(23(39-9)20(44-30)16-34-4)46-29-27(41-11)25(40-10)22(38-8)19(43-29)15-33-3/h17-30H,13-16H2,1-12H3/t17?,18?,19-,20?,21?,22-,23?,24?,25+,26?,27-,28?,29+,30?/m1/s1. The fourth-order valence-corrected chi connectivity index (χ4v) is 6.17. The summed E-state index contributed by atoms with van der Waals surface area (Å²) in [7, 11) is 18.8. The van der Waals surface area contributed by atoms with Gasteiger partial charge in [0.2, 0.25) is 0 Å². The molecule has 16 heteroatoms. The van der Waals surface area contributed by atoms with Crippen LogP contribution in [0.1, 0.15) is 0 Å². The van der Waals surface area contributed by atoms with Crippen molar-refractivity contribution in [3.8, 4) is 0 Å². The molecule has 46 heavy (non-hydrogen) atoms. The maximum absolute atomic E-state index is 6.73. The molecule has 0 aliphatic carbocycles. The number of hydrogen-bond acceptors (Lipinski definition) is 16. The van der Waals surface area contributed by atoms with Crippen LogP contribution in [0.5, 0.6) is 0 Å². The smallest absolute Gasteiger partial charge is 0.187 e. The predicted molar refractivity (Wildman–Crippen MR) is 161 cm³/mol. The highest BCUT2D eigenvalue weighted by atomic mass is 16.8. The summed E-state index contributed by atoms with van der Waals surface area (Å²) in [6.07, 6.45) is -9.85. The van der Waals surface area contributed by atoms with Crippen molar-refractivity contribution in [2.24, 2.45) is 0 Å². The van der Waals surface area contributed by atoms with Crippen molar-refractivity contribution in [2.45, 2.75) is 85.8 Å². The van der Waals surface area contributed by atoms with Gasteiger partial charge in [-0.1, -0.05) is 0 Å². The van der Waals surface area contributed by atoms with Gasteiger partial charge in [0.05, 0.1) is 26.4 Å². The molecular formula is C30H58O16. The Bertz CT molecular complexity index is 781. The van der Waals surface area contributed by atoms with Gasteiger partial charge in [0.15, 0.2) is 12.6 Å². The van der Waals surface area contributed by atoms with Crippen LogP contribution in [0.3, 0.4) is 0 Å². The van der Waals surface area contributed by atoms with Gasteiger partial charge in [0.25, 0.3) is 0 Å². The van der Waals surface area contributed by atoms with Gasteiger partial charge >= 0.3 is 0 Å². The van der Waals surface area contributed by atoms with Gasteiger partial charge in [-0.15, -0.1) is 0 Å². The van der Waals surface area contributed by atoms with Crippen LogP contribution in [0.15, 0.2) is 0 Å². The zero-order chi connectivity index (χ0) is 34.2. The minimum absolute atomic E-state index is 0.154. The second-order valence-electron chi connectivity index (χ2n) is 10.9. The van der Waals surface area contributed by atoms with E-state index in [0.29, 0.717) is 0 Å². The van der Waals surface area contributed by atoms with Crippen LogP contribution in [-0.4, -0.2) is 198 Å². The first-order valence-electron chi connectivity index (χ1n) is 15.1. The Morgan fingerprint density at radius 2 is 0.870 bits per heavy atom. The lowest BCUT2D eigenvalue weighted by molar-refractivity contribution is -0.377. The normalized spacial score (nSPS) is 34.7. The van der Waals surface area contributed by atoms with Crippen molar-refractivity contribution >= 4 is 0 Å². The molecule has 0 amide bonds. The summed E-state index contributed by atoms with van der Waals surface area (Å²) in [5, 5.41) is 0. The Kier molecular flexibility index (Phi) is 20.0. The maximum atomic E-state index is 6.73. The molecule has 0 aromatic heterocycles. The molecular weight excluding hydrogens is 616 g/mol. The molecule has 2 saturated heterocycles. The lowest BCUT2D eigenvalue weighted by Gasteiger charge is -2.50. The summed E-state index contributed by atoms with van der Waals surface area (Å²) >= 11 is 0. The van der Waals surface area contributed by atoms with Crippen LogP contribution in [0.4, 0.5) is 0 Å². The molecule has 14 atom stereocenters. The zero-order valence-electron chi connectivity index (χ0n) is 29.4. The van der Waals surface area contributed by atoms with Crippen molar-refractivity contribution < 1.29 is 75.8 Å². The fourth-order valence-electron chi connectivity index (χ4n) is 6.17. The third kappa shape index (κ3) is 10.2. The van der Waals surface area contributed by atoms with E-state index >= 15 is 0 Å². The number of hydrogen-bond donors (Lipinski definition) is 0. The van der Waals surface area contributed by atoms with Crippen LogP contribution in [-0.2, 0) is 75.8 Å². The van der Waals surface area contributed by atoms with E-state index in [1.165, 1.54) is 7.11 Å². The molecule has 0 saturated carbocycles. The van der Waals surface area contributed by atoms with Crippen LogP contribution in [0, 0.1) is 0 Å². The number of rotatable bonds is 23. The molecule has 2 fully saturated rings. The van der Waals surface area contributed by atoms with E-state index in [4.69, 9.17) is 75.8 Å². The summed E-state index contributed by atoms with van der Waals surface area (Å²) in [6.45, 7) is 0.788. The first-order valence-corrected chi connectivity index (χ1v) is 15.1. The summed E-state index contributed by atoms with van der Waals surface area (Å²) in [6, 6.07) is 0. The van der Waals surface area contributed by atoms with Gasteiger partial charge in [-0.3, -0.25) is 0 Å². The van der Waals surface area contributed by atoms with Crippen molar-refractivity contribution in [3.63, 3.8) is 0 Å². The Labute approximate surface area is 273 Å². The number of methoxy groups -OCH3 is 12. The molecule has 0 N–H and O–H groups in total. The van der Waals surface area contributed by atoms with Gasteiger partial charge in [0, 0.05) is 85.3 Å². The van der Waals surface area contributed by atoms with Crippen LogP contribution in [0.25, 0.3) is 0 Å². The van der Waals surface area contributed by atoms with Crippen molar-refractivity contribution in [1.29, 1.82) is 0 Å². The zero-order valence-corrected chi connectivity index (χ0v) is 29.4. The van der Waals surface area contributed by atoms with Crippen LogP contribution >= 0.6 is 0 Å². The lowest BCUT2D eigenvalue weighted by Crippen LogP contribution is -2.67. The highest BCUT2D eigenvalue weighted by molar-refractivity contribution is 4.98. The van der Waals surface area contributed by atoms with Crippen LogP contribution < -0.4 is 0 Å². The van der Waals surface area contributed by atoms with E-state index < -0.39 is 85.8 Å². The topological polar surface area (TPSA) is 148 Å². The Hall–Kier alpha value is -0.640. The first kappa shape index (κ1) is 41.5. The Morgan fingerprint density at radius 1 is 0.435 bits per heavy atom. The van der Waals surface area contributed by atoms with Gasteiger partial charge in [0.1, 0.15) is 73.2 Å². The quantitative estimate of drug-likeness (QED) is 0.142. The monoisotopic (exact) mass is 674 g/mol. The lowest BCUT2D eigenvalue weighted by atomic mass is 9.96. The molecule has 16 nitrogen and oxygen atoms in total. The van der Waals surface area contributed by atoms with Gasteiger partial charge in [-0.2, -0.15) is 0 Å². The molecule has 0 aromatic rings. The minimum Gasteiger partial charge on any atom is -0.382 e. The van der Waals surface area contributed by atoms with Gasteiger partial charge in [-0.25, -0.2) is 0 Å². The molecule has 2 rings (SSSR count). The average Bonchev–Trinajstić information content (AvgIpc) is 3.06. The van der Waals surface area contributed by atoms with E-state index in [1.54, 1.807) is 78.2 Å². The maximum Gasteiger partial charge on any atom is 0.187 e. The third-order valence-corrected chi connectivity index (χ3v) is 8.38. The van der Waals surface area contributed by atoms with E-state index in [-0.39, 0.29) is 26.4 Å². The van der Waals surface area contributed by atoms with E-state index in [1.807, 2.05) is 0 Å². The van der Waals surface area contributed by atoms with Gasteiger partial charge in [-0.05, 0) is 0 Å². The highest BCUT2D eigenvalue weighted by Gasteiger charge is 2.54. The molecule has 0 spiro atoms. The first-order chi connectivity index (χ1) is 22.3. The third-order valence-electron chi connectivity index (χ3n) is 8.38. The predicted octanol–water partition coefficient (Wildman–Crippen LogP) is -0.0878. The molecule has 2 aliphatic heterocycles. The second kappa shape index (κ2) is 22.2. The van der Waals surface area contributed by atoms with Crippen molar-refractivity contribution in [2.75, 3.05) is 112 Å². The minimum atomic E-state index is -1.04. The molecule has 274 valence electrons. The average molecular weight is 675 g/mol. The van der Waals surface area contributed by atoms with Crippen LogP contribution in [0.2, 0.25) is 0 Å². The molecule has 2 heterocycles. The van der Waals surface area contributed by atoms with Gasteiger partial charge < -0.3 is 75.8 Å². The number of ether oxygens (including phenoxy) is 16. The SMILES string of the molecule is COCC(OC)C(OC)C(OC1OC(COC)C(OC)C(O[C@@H]2O[C@H](COC)[C@@H](OC)[C@H](OC)[C@H]2OC)C1OC)C(COC)OC. The Balaban J connectivity index is 2.56. The second-order valence-corrected chi connectivity index (χ2v) is 10.9. The molecule has 9 unspecified atom stereocenters. The van der Waals surface area contributed by atoms with E-state index in [0.717, 1.165) is 0 Å². The summed E-state index contributed by atoms with van der Waals surface area (Å²) in [4.78, 5) is 0. The molecule has 0 aromatic carbocycles. The largest absolute Gasteiger partial charge is 0.382 e. The fraction of sp³-hybridized carbons (Fsp3) is 1.00. The van der Waals surface area contributed by atoms with E-state index in [2.05, 4.69) is 0 Å². The molecule has 0 radical (unpaired) electrons. The Morgan fingerprint density at radius 3 is 1.28 bits per heavy atom. The highest BCUT2D eigenvalue weighted by Crippen LogP contribution is 2.35.